The van der Waals surface area contributed by atoms with E-state index in [1.807, 2.05) is 12.1 Å². The van der Waals surface area contributed by atoms with E-state index in [9.17, 15) is 9.90 Å². The number of phenols is 1. The minimum Gasteiger partial charge on any atom is -0.504 e. The number of benzene rings is 1. The lowest BCUT2D eigenvalue weighted by Gasteiger charge is -2.17. The van der Waals surface area contributed by atoms with Crippen molar-refractivity contribution in [3.05, 3.63) is 23.8 Å². The zero-order chi connectivity index (χ0) is 17.1. The van der Waals surface area contributed by atoms with E-state index in [1.54, 1.807) is 6.07 Å². The van der Waals surface area contributed by atoms with Crippen molar-refractivity contribution in [1.82, 2.24) is 0 Å². The topological polar surface area (TPSA) is 55.8 Å². The maximum Gasteiger partial charge on any atom is 0.302 e. The normalized spacial score (nSPS) is 12.0. The molecule has 0 fully saturated rings. The molecule has 1 rings (SSSR count). The van der Waals surface area contributed by atoms with Crippen molar-refractivity contribution in [1.29, 1.82) is 0 Å². The first-order valence-electron chi connectivity index (χ1n) is 8.60. The Hall–Kier alpha value is -1.71. The second-order valence-corrected chi connectivity index (χ2v) is 5.98. The number of methoxy groups -OCH3 is 1. The molecule has 0 amide bonds. The predicted octanol–water partition coefficient (Wildman–Crippen LogP) is 4.63. The van der Waals surface area contributed by atoms with Gasteiger partial charge in [0.2, 0.25) is 0 Å². The standard InChI is InChI=1S/C19H30O4/c1-4-5-6-7-8-9-17(23-15(2)20)12-10-16-11-13-18(21)19(14-16)22-3/h11,13-14,17,21H,4-10,12H2,1-3H3. The fourth-order valence-electron chi connectivity index (χ4n) is 2.68. The molecule has 1 unspecified atom stereocenters. The van der Waals surface area contributed by atoms with Gasteiger partial charge in [0.05, 0.1) is 7.11 Å². The number of rotatable bonds is 11. The highest BCUT2D eigenvalue weighted by Crippen LogP contribution is 2.27. The van der Waals surface area contributed by atoms with E-state index in [-0.39, 0.29) is 17.8 Å². The first kappa shape index (κ1) is 19.3. The highest BCUT2D eigenvalue weighted by atomic mass is 16.5. The number of hydrogen-bond acceptors (Lipinski definition) is 4. The summed E-state index contributed by atoms with van der Waals surface area (Å²) in [6, 6.07) is 5.35. The number of esters is 1. The third kappa shape index (κ3) is 7.91. The van der Waals surface area contributed by atoms with Gasteiger partial charge in [-0.1, -0.05) is 38.7 Å². The van der Waals surface area contributed by atoms with E-state index in [4.69, 9.17) is 9.47 Å². The zero-order valence-corrected chi connectivity index (χ0v) is 14.6. The first-order valence-corrected chi connectivity index (χ1v) is 8.60. The molecule has 0 bridgehead atoms. The van der Waals surface area contributed by atoms with Crippen LogP contribution in [0.15, 0.2) is 18.2 Å². The molecular formula is C19H30O4. The lowest BCUT2D eigenvalue weighted by molar-refractivity contribution is -0.147. The summed E-state index contributed by atoms with van der Waals surface area (Å²) in [6.07, 6.45) is 8.51. The Morgan fingerprint density at radius 2 is 1.91 bits per heavy atom. The average molecular weight is 322 g/mol. The molecule has 0 heterocycles. The van der Waals surface area contributed by atoms with Crippen molar-refractivity contribution < 1.29 is 19.4 Å². The third-order valence-electron chi connectivity index (χ3n) is 3.96. The van der Waals surface area contributed by atoms with Crippen LogP contribution in [-0.4, -0.2) is 24.3 Å². The number of hydrogen-bond donors (Lipinski definition) is 1. The first-order chi connectivity index (χ1) is 11.1. The molecule has 23 heavy (non-hydrogen) atoms. The van der Waals surface area contributed by atoms with Crippen molar-refractivity contribution in [3.63, 3.8) is 0 Å². The lowest BCUT2D eigenvalue weighted by Crippen LogP contribution is -2.17. The van der Waals surface area contributed by atoms with Gasteiger partial charge >= 0.3 is 5.97 Å². The van der Waals surface area contributed by atoms with Crippen LogP contribution < -0.4 is 4.74 Å². The molecule has 4 nitrogen and oxygen atoms in total. The van der Waals surface area contributed by atoms with Crippen LogP contribution in [0, 0.1) is 0 Å². The number of carbonyl (C=O) groups is 1. The summed E-state index contributed by atoms with van der Waals surface area (Å²) in [5, 5.41) is 9.62. The van der Waals surface area contributed by atoms with Crippen LogP contribution in [-0.2, 0) is 16.0 Å². The van der Waals surface area contributed by atoms with Gasteiger partial charge in [-0.05, 0) is 43.4 Å². The van der Waals surface area contributed by atoms with Crippen LogP contribution in [0.5, 0.6) is 11.5 Å². The quantitative estimate of drug-likeness (QED) is 0.477. The summed E-state index contributed by atoms with van der Waals surface area (Å²) in [6.45, 7) is 3.67. The Labute approximate surface area is 139 Å². The second kappa shape index (κ2) is 10.9. The Morgan fingerprint density at radius 1 is 1.17 bits per heavy atom. The molecule has 0 aliphatic heterocycles. The van der Waals surface area contributed by atoms with Gasteiger partial charge in [-0.3, -0.25) is 4.79 Å². The van der Waals surface area contributed by atoms with Crippen molar-refractivity contribution in [3.8, 4) is 11.5 Å². The number of aryl methyl sites for hydroxylation is 1. The molecule has 0 aliphatic carbocycles. The summed E-state index contributed by atoms with van der Waals surface area (Å²) in [4.78, 5) is 11.3. The molecule has 0 aliphatic rings. The summed E-state index contributed by atoms with van der Waals surface area (Å²) in [5.74, 6) is 0.404. The summed E-state index contributed by atoms with van der Waals surface area (Å²) in [5.41, 5.74) is 1.07. The van der Waals surface area contributed by atoms with Crippen LogP contribution in [0.2, 0.25) is 0 Å². The predicted molar refractivity (Wildman–Crippen MR) is 91.9 cm³/mol. The summed E-state index contributed by atoms with van der Waals surface area (Å²) >= 11 is 0. The van der Waals surface area contributed by atoms with Gasteiger partial charge in [0.15, 0.2) is 11.5 Å². The average Bonchev–Trinajstić information content (AvgIpc) is 2.52. The van der Waals surface area contributed by atoms with Gasteiger partial charge in [0.1, 0.15) is 6.10 Å². The fourth-order valence-corrected chi connectivity index (χ4v) is 2.68. The number of aromatic hydroxyl groups is 1. The van der Waals surface area contributed by atoms with Crippen molar-refractivity contribution >= 4 is 5.97 Å². The molecule has 4 heteroatoms. The molecule has 130 valence electrons. The second-order valence-electron chi connectivity index (χ2n) is 5.98. The minimum atomic E-state index is -0.216. The van der Waals surface area contributed by atoms with Gasteiger partial charge in [-0.15, -0.1) is 0 Å². The monoisotopic (exact) mass is 322 g/mol. The van der Waals surface area contributed by atoms with Crippen molar-refractivity contribution in [2.75, 3.05) is 7.11 Å². The highest BCUT2D eigenvalue weighted by Gasteiger charge is 2.13. The van der Waals surface area contributed by atoms with Crippen LogP contribution in [0.3, 0.4) is 0 Å². The number of unbranched alkanes of at least 4 members (excludes halogenated alkanes) is 4. The molecule has 1 aromatic carbocycles. The van der Waals surface area contributed by atoms with Crippen LogP contribution in [0.1, 0.15) is 64.4 Å². The van der Waals surface area contributed by atoms with Crippen LogP contribution >= 0.6 is 0 Å². The molecule has 0 saturated carbocycles. The van der Waals surface area contributed by atoms with Gasteiger partial charge in [-0.25, -0.2) is 0 Å². The molecule has 1 atom stereocenters. The van der Waals surface area contributed by atoms with Gasteiger partial charge < -0.3 is 14.6 Å². The molecule has 0 spiro atoms. The highest BCUT2D eigenvalue weighted by molar-refractivity contribution is 5.66. The van der Waals surface area contributed by atoms with E-state index >= 15 is 0 Å². The molecule has 0 aromatic heterocycles. The largest absolute Gasteiger partial charge is 0.504 e. The van der Waals surface area contributed by atoms with E-state index in [0.29, 0.717) is 5.75 Å². The Morgan fingerprint density at radius 3 is 2.57 bits per heavy atom. The number of ether oxygens (including phenoxy) is 2. The smallest absolute Gasteiger partial charge is 0.302 e. The SMILES string of the molecule is CCCCCCCC(CCc1ccc(O)c(OC)c1)OC(C)=O. The summed E-state index contributed by atoms with van der Waals surface area (Å²) in [7, 11) is 1.54. The summed E-state index contributed by atoms with van der Waals surface area (Å²) < 4.78 is 10.6. The van der Waals surface area contributed by atoms with E-state index < -0.39 is 0 Å². The molecule has 1 N–H and O–H groups in total. The van der Waals surface area contributed by atoms with Gasteiger partial charge in [0.25, 0.3) is 0 Å². The minimum absolute atomic E-state index is 0.0334. The zero-order valence-electron chi connectivity index (χ0n) is 14.6. The van der Waals surface area contributed by atoms with Crippen LogP contribution in [0.25, 0.3) is 0 Å². The fraction of sp³-hybridized carbons (Fsp3) is 0.632. The molecule has 0 saturated heterocycles. The maximum atomic E-state index is 11.3. The van der Waals surface area contributed by atoms with Crippen molar-refractivity contribution in [2.45, 2.75) is 71.3 Å². The molecule has 1 aromatic rings. The van der Waals surface area contributed by atoms with Gasteiger partial charge in [0, 0.05) is 6.92 Å². The van der Waals surface area contributed by atoms with E-state index in [0.717, 1.165) is 31.2 Å². The van der Waals surface area contributed by atoms with E-state index in [1.165, 1.54) is 39.7 Å². The lowest BCUT2D eigenvalue weighted by atomic mass is 10.0. The third-order valence-corrected chi connectivity index (χ3v) is 3.96. The Bertz CT molecular complexity index is 470. The van der Waals surface area contributed by atoms with Crippen LogP contribution in [0.4, 0.5) is 0 Å². The molecular weight excluding hydrogens is 292 g/mol. The van der Waals surface area contributed by atoms with Gasteiger partial charge in [-0.2, -0.15) is 0 Å². The molecule has 0 radical (unpaired) electrons. The number of phenolic OH excluding ortho intramolecular Hbond substituents is 1. The Kier molecular flexibility index (Phi) is 9.18. The maximum absolute atomic E-state index is 11.3. The van der Waals surface area contributed by atoms with E-state index in [2.05, 4.69) is 6.92 Å². The van der Waals surface area contributed by atoms with Crippen molar-refractivity contribution in [2.24, 2.45) is 0 Å². The number of carbonyl (C=O) groups excluding carboxylic acids is 1. The Balaban J connectivity index is 2.48.